The van der Waals surface area contributed by atoms with E-state index in [9.17, 15) is 9.59 Å². The van der Waals surface area contributed by atoms with Crippen molar-refractivity contribution in [2.45, 2.75) is 26.2 Å². The summed E-state index contributed by atoms with van der Waals surface area (Å²) < 4.78 is 9.65. The van der Waals surface area contributed by atoms with Crippen molar-refractivity contribution in [1.29, 1.82) is 0 Å². The molecule has 0 aliphatic carbocycles. The first-order valence-electron chi connectivity index (χ1n) is 4.62. The highest BCUT2D eigenvalue weighted by Gasteiger charge is 2.04. The van der Waals surface area contributed by atoms with E-state index in [1.807, 2.05) is 6.42 Å². The molecule has 0 aliphatic rings. The van der Waals surface area contributed by atoms with Crippen molar-refractivity contribution in [2.75, 3.05) is 20.3 Å². The van der Waals surface area contributed by atoms with Gasteiger partial charge < -0.3 is 14.3 Å². The van der Waals surface area contributed by atoms with Crippen LogP contribution in [0.4, 0.5) is 0 Å². The van der Waals surface area contributed by atoms with Gasteiger partial charge in [0.05, 0.1) is 13.0 Å². The largest absolute Gasteiger partial charge is 0.465 e. The lowest BCUT2D eigenvalue weighted by molar-refractivity contribution is -0.143. The zero-order chi connectivity index (χ0) is 10.8. The maximum Gasteiger partial charge on any atom is 0.306 e. The molecule has 0 rings (SSSR count). The number of rotatable bonds is 8. The molecule has 0 N–H and O–H groups in total. The maximum absolute atomic E-state index is 11.0. The number of hydrogen-bond acceptors (Lipinski definition) is 4. The number of carbonyl (C=O) groups is 2. The predicted octanol–water partition coefficient (Wildman–Crippen LogP) is 1.14. The minimum absolute atomic E-state index is 0.00492. The molecule has 14 heavy (non-hydrogen) atoms. The number of ether oxygens (including phenoxy) is 2. The molecule has 0 aromatic rings. The van der Waals surface area contributed by atoms with Gasteiger partial charge in [0.25, 0.3) is 0 Å². The first-order chi connectivity index (χ1) is 6.66. The van der Waals surface area contributed by atoms with Crippen molar-refractivity contribution in [3.63, 3.8) is 0 Å². The van der Waals surface area contributed by atoms with E-state index >= 15 is 0 Å². The molecule has 0 bridgehead atoms. The van der Waals surface area contributed by atoms with Crippen LogP contribution in [0.15, 0.2) is 0 Å². The lowest BCUT2D eigenvalue weighted by Crippen LogP contribution is -2.08. The monoisotopic (exact) mass is 201 g/mol. The van der Waals surface area contributed by atoms with Crippen LogP contribution in [0.1, 0.15) is 26.2 Å². The van der Waals surface area contributed by atoms with Gasteiger partial charge in [-0.05, 0) is 13.3 Å². The highest BCUT2D eigenvalue weighted by atomic mass is 16.5. The summed E-state index contributed by atoms with van der Waals surface area (Å²) in [6.07, 6.45) is 3.02. The molecule has 0 atom stereocenters. The number of esters is 1. The van der Waals surface area contributed by atoms with Gasteiger partial charge in [-0.1, -0.05) is 0 Å². The number of hydrogen-bond donors (Lipinski definition) is 0. The number of unbranched alkanes of at least 4 members (excludes halogenated alkanes) is 1. The summed E-state index contributed by atoms with van der Waals surface area (Å²) in [5.74, 6) is -0.320. The number of methoxy groups -OCH3 is 1. The Kier molecular flexibility index (Phi) is 8.13. The molecule has 4 heteroatoms. The van der Waals surface area contributed by atoms with Crippen LogP contribution in [0.25, 0.3) is 0 Å². The van der Waals surface area contributed by atoms with Crippen molar-refractivity contribution in [3.8, 4) is 0 Å². The number of Topliss-reactive ketones (excluding diaryl/α,β-unsaturated/α-hetero) is 1. The van der Waals surface area contributed by atoms with E-state index in [0.29, 0.717) is 13.2 Å². The Morgan fingerprint density at radius 1 is 1.29 bits per heavy atom. The van der Waals surface area contributed by atoms with Crippen molar-refractivity contribution in [1.82, 2.24) is 0 Å². The average Bonchev–Trinajstić information content (AvgIpc) is 2.14. The van der Waals surface area contributed by atoms with Gasteiger partial charge in [-0.3, -0.25) is 4.79 Å². The summed E-state index contributed by atoms with van der Waals surface area (Å²) in [4.78, 5) is 21.5. The average molecular weight is 201 g/mol. The van der Waals surface area contributed by atoms with E-state index in [0.717, 1.165) is 6.42 Å². The fourth-order valence-corrected chi connectivity index (χ4v) is 0.787. The van der Waals surface area contributed by atoms with Crippen molar-refractivity contribution in [3.05, 3.63) is 6.42 Å². The molecule has 0 aromatic heterocycles. The van der Waals surface area contributed by atoms with Crippen LogP contribution in [0.5, 0.6) is 0 Å². The van der Waals surface area contributed by atoms with Crippen molar-refractivity contribution >= 4 is 11.8 Å². The fraction of sp³-hybridized carbons (Fsp3) is 0.700. The van der Waals surface area contributed by atoms with Gasteiger partial charge in [-0.15, -0.1) is 0 Å². The second-order valence-corrected chi connectivity index (χ2v) is 2.96. The van der Waals surface area contributed by atoms with Gasteiger partial charge in [0.2, 0.25) is 0 Å². The van der Waals surface area contributed by atoms with Crippen LogP contribution >= 0.6 is 0 Å². The maximum atomic E-state index is 11.0. The Bertz CT molecular complexity index is 177. The second kappa shape index (κ2) is 8.69. The topological polar surface area (TPSA) is 52.6 Å². The van der Waals surface area contributed by atoms with Crippen LogP contribution < -0.4 is 0 Å². The first kappa shape index (κ1) is 13.1. The van der Waals surface area contributed by atoms with Crippen LogP contribution in [-0.4, -0.2) is 32.1 Å². The molecule has 0 fully saturated rings. The second-order valence-electron chi connectivity index (χ2n) is 2.96. The van der Waals surface area contributed by atoms with E-state index in [-0.39, 0.29) is 24.6 Å². The summed E-state index contributed by atoms with van der Waals surface area (Å²) in [7, 11) is 1.62. The first-order valence-corrected chi connectivity index (χ1v) is 4.62. The van der Waals surface area contributed by atoms with Gasteiger partial charge in [-0.2, -0.15) is 0 Å². The minimum atomic E-state index is -0.325. The Labute approximate surface area is 84.6 Å². The third-order valence-electron chi connectivity index (χ3n) is 1.57. The van der Waals surface area contributed by atoms with E-state index in [1.54, 1.807) is 7.11 Å². The van der Waals surface area contributed by atoms with Gasteiger partial charge in [-0.25, -0.2) is 0 Å². The summed E-state index contributed by atoms with van der Waals surface area (Å²) in [5.41, 5.74) is 0. The molecule has 0 aromatic carbocycles. The van der Waals surface area contributed by atoms with E-state index < -0.39 is 0 Å². The van der Waals surface area contributed by atoms with Crippen LogP contribution in [0.2, 0.25) is 0 Å². The zero-order valence-electron chi connectivity index (χ0n) is 8.75. The molecule has 0 unspecified atom stereocenters. The Hall–Kier alpha value is -0.900. The summed E-state index contributed by atoms with van der Waals surface area (Å²) in [6.45, 7) is 2.38. The normalized spacial score (nSPS) is 9.86. The molecule has 0 saturated heterocycles. The van der Waals surface area contributed by atoms with Gasteiger partial charge in [0, 0.05) is 26.6 Å². The van der Waals surface area contributed by atoms with E-state index in [4.69, 9.17) is 9.47 Å². The highest BCUT2D eigenvalue weighted by Crippen LogP contribution is 1.96. The molecular weight excluding hydrogens is 184 g/mol. The zero-order valence-corrected chi connectivity index (χ0v) is 8.75. The predicted molar refractivity (Wildman–Crippen MR) is 51.7 cm³/mol. The summed E-state index contributed by atoms with van der Waals surface area (Å²) >= 11 is 0. The van der Waals surface area contributed by atoms with Crippen molar-refractivity contribution in [2.24, 2.45) is 0 Å². The SMILES string of the molecule is COCC[CH]COC(=O)CCC(C)=O. The molecule has 81 valence electrons. The Balaban J connectivity index is 3.22. The van der Waals surface area contributed by atoms with E-state index in [1.165, 1.54) is 6.92 Å². The highest BCUT2D eigenvalue weighted by molar-refractivity contribution is 5.80. The van der Waals surface area contributed by atoms with Gasteiger partial charge in [0.15, 0.2) is 0 Å². The molecule has 0 heterocycles. The van der Waals surface area contributed by atoms with E-state index in [2.05, 4.69) is 0 Å². The van der Waals surface area contributed by atoms with Gasteiger partial charge in [0.1, 0.15) is 5.78 Å². The third-order valence-corrected chi connectivity index (χ3v) is 1.57. The van der Waals surface area contributed by atoms with Crippen LogP contribution in [0.3, 0.4) is 0 Å². The van der Waals surface area contributed by atoms with Crippen molar-refractivity contribution < 1.29 is 19.1 Å². The molecule has 0 spiro atoms. The molecular formula is C10H17O4. The minimum Gasteiger partial charge on any atom is -0.465 e. The third kappa shape index (κ3) is 9.19. The lowest BCUT2D eigenvalue weighted by atomic mass is 10.2. The summed E-state index contributed by atoms with van der Waals surface area (Å²) in [5, 5.41) is 0. The molecule has 0 aliphatic heterocycles. The molecule has 4 nitrogen and oxygen atoms in total. The van der Waals surface area contributed by atoms with Crippen LogP contribution in [-0.2, 0) is 19.1 Å². The number of ketones is 1. The number of carbonyl (C=O) groups excluding carboxylic acids is 2. The van der Waals surface area contributed by atoms with Gasteiger partial charge >= 0.3 is 5.97 Å². The molecule has 0 saturated carbocycles. The fourth-order valence-electron chi connectivity index (χ4n) is 0.787. The quantitative estimate of drug-likeness (QED) is 0.436. The molecule has 1 radical (unpaired) electrons. The lowest BCUT2D eigenvalue weighted by Gasteiger charge is -2.03. The summed E-state index contributed by atoms with van der Waals surface area (Å²) in [6, 6.07) is 0. The molecule has 0 amide bonds. The smallest absolute Gasteiger partial charge is 0.306 e. The van der Waals surface area contributed by atoms with Crippen LogP contribution in [0, 0.1) is 6.42 Å². The standard InChI is InChI=1S/C10H17O4/c1-9(11)5-6-10(12)14-8-4-3-7-13-2/h4H,3,5-8H2,1-2H3. The Morgan fingerprint density at radius 2 is 2.00 bits per heavy atom. The Morgan fingerprint density at radius 3 is 2.57 bits per heavy atom.